The largest absolute Gasteiger partial charge is 0.352 e. The molecular formula is C9H10BrClFN5OS. The second kappa shape index (κ2) is 6.94. The summed E-state index contributed by atoms with van der Waals surface area (Å²) in [5, 5.41) is 4.39. The molecule has 0 saturated carbocycles. The molecule has 0 aliphatic rings. The number of halogens is 3. The van der Waals surface area contributed by atoms with E-state index >= 15 is 0 Å². The third-order valence-corrected chi connectivity index (χ3v) is 3.65. The molecule has 2 N–H and O–H groups in total. The number of nitrogens with two attached hydrogens (primary N) is 1. The maximum absolute atomic E-state index is 12.4. The van der Waals surface area contributed by atoms with Crippen molar-refractivity contribution in [2.75, 3.05) is 6.54 Å². The van der Waals surface area contributed by atoms with Crippen molar-refractivity contribution in [1.82, 2.24) is 19.3 Å². The van der Waals surface area contributed by atoms with Crippen LogP contribution in [0.3, 0.4) is 0 Å². The summed E-state index contributed by atoms with van der Waals surface area (Å²) in [5.74, 6) is 0. The molecule has 0 radical (unpaired) electrons. The third kappa shape index (κ3) is 3.50. The van der Waals surface area contributed by atoms with Gasteiger partial charge in [0, 0.05) is 6.54 Å². The lowest BCUT2D eigenvalue weighted by atomic mass is 10.3. The van der Waals surface area contributed by atoms with Gasteiger partial charge in [0.25, 0.3) is 0 Å². The average molecular weight is 371 g/mol. The third-order valence-electron chi connectivity index (χ3n) is 2.17. The van der Waals surface area contributed by atoms with Gasteiger partial charge in [-0.3, -0.25) is 0 Å². The van der Waals surface area contributed by atoms with Crippen molar-refractivity contribution in [2.24, 2.45) is 5.73 Å². The lowest BCUT2D eigenvalue weighted by Crippen LogP contribution is -2.25. The highest BCUT2D eigenvalue weighted by molar-refractivity contribution is 9.11. The Morgan fingerprint density at radius 1 is 1.63 bits per heavy atom. The van der Waals surface area contributed by atoms with Crippen LogP contribution >= 0.6 is 39.7 Å². The quantitative estimate of drug-likeness (QED) is 0.884. The van der Waals surface area contributed by atoms with Crippen LogP contribution in [-0.4, -0.2) is 25.9 Å². The highest BCUT2D eigenvalue weighted by Gasteiger charge is 2.10. The fraction of sp³-hybridized carbons (Fsp3) is 0.222. The molecule has 0 aromatic carbocycles. The van der Waals surface area contributed by atoms with Crippen LogP contribution in [0.1, 0.15) is 0 Å². The molecule has 2 heterocycles. The minimum absolute atomic E-state index is 0. The van der Waals surface area contributed by atoms with Gasteiger partial charge in [0.1, 0.15) is 6.33 Å². The Balaban J connectivity index is 0.00000180. The molecule has 0 atom stereocenters. The van der Waals surface area contributed by atoms with E-state index in [0.717, 1.165) is 8.47 Å². The Morgan fingerprint density at radius 3 is 2.89 bits per heavy atom. The molecule has 0 aliphatic carbocycles. The van der Waals surface area contributed by atoms with Crippen molar-refractivity contribution < 1.29 is 4.39 Å². The molecule has 2 aromatic heterocycles. The predicted octanol–water partition coefficient (Wildman–Crippen LogP) is 1.49. The standard InChI is InChI=1S/C9H9BrFN5OS.ClH/c10-7-3-13-8(18-7)15-5-14-16(9(15)17)4-6(1-11)2-12;/h1,3,5H,2,4,12H2;1H/b6-1+;. The van der Waals surface area contributed by atoms with E-state index in [1.165, 1.54) is 22.2 Å². The smallest absolute Gasteiger partial charge is 0.327 e. The summed E-state index contributed by atoms with van der Waals surface area (Å²) in [6.07, 6.45) is 3.34. The zero-order chi connectivity index (χ0) is 13.1. The highest BCUT2D eigenvalue weighted by Crippen LogP contribution is 2.20. The second-order valence-corrected chi connectivity index (χ2v) is 5.75. The maximum Gasteiger partial charge on any atom is 0.352 e. The summed E-state index contributed by atoms with van der Waals surface area (Å²) in [6.45, 7) is 0.0734. The molecule has 6 nitrogen and oxygen atoms in total. The Labute approximate surface area is 126 Å². The van der Waals surface area contributed by atoms with E-state index in [-0.39, 0.29) is 31.2 Å². The lowest BCUT2D eigenvalue weighted by Gasteiger charge is -2.00. The summed E-state index contributed by atoms with van der Waals surface area (Å²) in [6, 6.07) is 0. The van der Waals surface area contributed by atoms with E-state index in [1.807, 2.05) is 0 Å². The van der Waals surface area contributed by atoms with Crippen LogP contribution in [0.15, 0.2) is 33.0 Å². The molecule has 2 aromatic rings. The molecule has 0 aliphatic heterocycles. The van der Waals surface area contributed by atoms with Crippen LogP contribution in [0.5, 0.6) is 0 Å². The zero-order valence-electron chi connectivity index (χ0n) is 9.49. The van der Waals surface area contributed by atoms with Crippen molar-refractivity contribution in [3.05, 3.63) is 38.7 Å². The number of hydrogen-bond donors (Lipinski definition) is 1. The van der Waals surface area contributed by atoms with Crippen LogP contribution in [0.25, 0.3) is 5.13 Å². The van der Waals surface area contributed by atoms with Gasteiger partial charge in [-0.15, -0.1) is 12.4 Å². The molecule has 2 rings (SSSR count). The topological polar surface area (TPSA) is 78.7 Å². The van der Waals surface area contributed by atoms with E-state index in [2.05, 4.69) is 26.0 Å². The van der Waals surface area contributed by atoms with Gasteiger partial charge in [0.2, 0.25) is 0 Å². The van der Waals surface area contributed by atoms with Gasteiger partial charge in [-0.05, 0) is 21.5 Å². The van der Waals surface area contributed by atoms with E-state index in [1.54, 1.807) is 6.20 Å². The minimum Gasteiger partial charge on any atom is -0.327 e. The molecule has 0 fully saturated rings. The molecule has 0 unspecified atom stereocenters. The number of thiazole rings is 1. The highest BCUT2D eigenvalue weighted by atomic mass is 79.9. The average Bonchev–Trinajstić information content (AvgIpc) is 2.93. The van der Waals surface area contributed by atoms with Crippen LogP contribution in [0.2, 0.25) is 0 Å². The fourth-order valence-corrected chi connectivity index (χ4v) is 2.42. The van der Waals surface area contributed by atoms with Gasteiger partial charge in [-0.1, -0.05) is 11.3 Å². The van der Waals surface area contributed by atoms with Crippen molar-refractivity contribution in [3.63, 3.8) is 0 Å². The Bertz CT molecular complexity index is 637. The molecule has 0 spiro atoms. The number of nitrogens with zero attached hydrogens (tertiary/aromatic N) is 4. The van der Waals surface area contributed by atoms with Gasteiger partial charge in [-0.2, -0.15) is 5.10 Å². The second-order valence-electron chi connectivity index (χ2n) is 3.36. The molecule has 104 valence electrons. The van der Waals surface area contributed by atoms with Crippen LogP contribution in [0.4, 0.5) is 4.39 Å². The van der Waals surface area contributed by atoms with Crippen molar-refractivity contribution in [2.45, 2.75) is 6.54 Å². The van der Waals surface area contributed by atoms with E-state index in [9.17, 15) is 9.18 Å². The summed E-state index contributed by atoms with van der Waals surface area (Å²) in [4.78, 5) is 16.0. The molecule has 0 saturated heterocycles. The number of aromatic nitrogens is 4. The lowest BCUT2D eigenvalue weighted by molar-refractivity contribution is 0.612. The fourth-order valence-electron chi connectivity index (χ4n) is 1.27. The van der Waals surface area contributed by atoms with Gasteiger partial charge in [-0.25, -0.2) is 23.4 Å². The monoisotopic (exact) mass is 369 g/mol. The SMILES string of the molecule is Cl.NC/C(=C\F)Cn1ncn(-c2ncc(Br)s2)c1=O. The summed E-state index contributed by atoms with van der Waals surface area (Å²) in [7, 11) is 0. The van der Waals surface area contributed by atoms with E-state index in [0.29, 0.717) is 17.0 Å². The molecule has 19 heavy (non-hydrogen) atoms. The first-order chi connectivity index (χ1) is 8.65. The van der Waals surface area contributed by atoms with Crippen molar-refractivity contribution >= 4 is 39.7 Å². The Kier molecular flexibility index (Phi) is 5.85. The number of rotatable bonds is 4. The Hall–Kier alpha value is -1.03. The first kappa shape index (κ1) is 16.0. The van der Waals surface area contributed by atoms with Crippen molar-refractivity contribution in [1.29, 1.82) is 0 Å². The van der Waals surface area contributed by atoms with Gasteiger partial charge in [0.05, 0.1) is 22.9 Å². The molecule has 0 amide bonds. The van der Waals surface area contributed by atoms with Gasteiger partial charge < -0.3 is 5.73 Å². The van der Waals surface area contributed by atoms with Crippen LogP contribution in [0, 0.1) is 0 Å². The van der Waals surface area contributed by atoms with Crippen LogP contribution < -0.4 is 11.4 Å². The first-order valence-electron chi connectivity index (χ1n) is 4.90. The van der Waals surface area contributed by atoms with E-state index in [4.69, 9.17) is 5.73 Å². The summed E-state index contributed by atoms with van der Waals surface area (Å²) in [5.41, 5.74) is 5.24. The molecule has 10 heteroatoms. The Morgan fingerprint density at radius 2 is 2.37 bits per heavy atom. The van der Waals surface area contributed by atoms with E-state index < -0.39 is 0 Å². The van der Waals surface area contributed by atoms with Crippen LogP contribution in [-0.2, 0) is 6.54 Å². The predicted molar refractivity (Wildman–Crippen MR) is 76.7 cm³/mol. The van der Waals surface area contributed by atoms with Crippen molar-refractivity contribution in [3.8, 4) is 5.13 Å². The zero-order valence-corrected chi connectivity index (χ0v) is 12.7. The molecule has 0 bridgehead atoms. The number of hydrogen-bond acceptors (Lipinski definition) is 5. The van der Waals surface area contributed by atoms with Gasteiger partial charge >= 0.3 is 5.69 Å². The minimum atomic E-state index is -0.385. The van der Waals surface area contributed by atoms with Gasteiger partial charge in [0.15, 0.2) is 5.13 Å². The molecular weight excluding hydrogens is 361 g/mol. The summed E-state index contributed by atoms with van der Waals surface area (Å²) < 4.78 is 15.6. The maximum atomic E-state index is 12.4. The first-order valence-corrected chi connectivity index (χ1v) is 6.51. The summed E-state index contributed by atoms with van der Waals surface area (Å²) >= 11 is 4.56. The normalized spacial score (nSPS) is 11.4.